The van der Waals surface area contributed by atoms with Crippen molar-refractivity contribution in [3.63, 3.8) is 0 Å². The summed E-state index contributed by atoms with van der Waals surface area (Å²) in [5.74, 6) is 0. The molecule has 0 saturated carbocycles. The van der Waals surface area contributed by atoms with Crippen LogP contribution in [0.2, 0.25) is 0 Å². The zero-order chi connectivity index (χ0) is 4.41. The molecule has 1 atom stereocenters. The number of aliphatic hydroxyl groups is 1. The summed E-state index contributed by atoms with van der Waals surface area (Å²) in [6, 6.07) is 0. The minimum Gasteiger partial charge on any atom is -0.391 e. The van der Waals surface area contributed by atoms with Crippen molar-refractivity contribution in [3.8, 4) is 0 Å². The molecule has 7 heavy (non-hydrogen) atoms. The first-order valence-electron chi connectivity index (χ1n) is 2.15. The summed E-state index contributed by atoms with van der Waals surface area (Å²) in [6.07, 6.45) is 0.644. The van der Waals surface area contributed by atoms with Crippen molar-refractivity contribution in [2.75, 3.05) is 13.2 Å². The molecule has 0 aromatic carbocycles. The van der Waals surface area contributed by atoms with E-state index in [9.17, 15) is 0 Å². The van der Waals surface area contributed by atoms with Crippen LogP contribution < -0.4 is 0 Å². The minimum absolute atomic E-state index is 0. The highest BCUT2D eigenvalue weighted by Crippen LogP contribution is 2.00. The van der Waals surface area contributed by atoms with Crippen molar-refractivity contribution in [1.29, 1.82) is 0 Å². The quantitative estimate of drug-likeness (QED) is 0.500. The van der Waals surface area contributed by atoms with E-state index in [-0.39, 0.29) is 18.5 Å². The van der Waals surface area contributed by atoms with Gasteiger partial charge in [0, 0.05) is 6.61 Å². The first-order chi connectivity index (χ1) is 2.89. The van der Waals surface area contributed by atoms with Gasteiger partial charge in [0.25, 0.3) is 0 Å². The van der Waals surface area contributed by atoms with E-state index in [2.05, 4.69) is 0 Å². The second-order valence-corrected chi connectivity index (χ2v) is 1.52. The van der Waals surface area contributed by atoms with Crippen molar-refractivity contribution < 1.29 is 9.84 Å². The van der Waals surface area contributed by atoms with Gasteiger partial charge in [-0.1, -0.05) is 0 Å². The molecule has 1 saturated heterocycles. The lowest BCUT2D eigenvalue weighted by Gasteiger charge is -1.89. The molecular formula is C4H9ClO2. The molecule has 1 N–H and O–H groups in total. The number of aliphatic hydroxyl groups excluding tert-OH is 1. The van der Waals surface area contributed by atoms with Crippen LogP contribution in [0.3, 0.4) is 0 Å². The maximum absolute atomic E-state index is 8.60. The van der Waals surface area contributed by atoms with E-state index in [1.54, 1.807) is 0 Å². The van der Waals surface area contributed by atoms with Crippen LogP contribution in [0.4, 0.5) is 0 Å². The van der Waals surface area contributed by atoms with Gasteiger partial charge in [0.05, 0.1) is 12.7 Å². The summed E-state index contributed by atoms with van der Waals surface area (Å²) >= 11 is 0. The standard InChI is InChI=1S/C4H8O2.ClH/c5-4-1-2-6-3-4;/h4-5H,1-3H2;1H. The predicted octanol–water partition coefficient (Wildman–Crippen LogP) is 0.189. The highest BCUT2D eigenvalue weighted by Gasteiger charge is 2.09. The molecular weight excluding hydrogens is 115 g/mol. The normalized spacial score (nSPS) is 29.6. The van der Waals surface area contributed by atoms with Crippen LogP contribution in [0.5, 0.6) is 0 Å². The van der Waals surface area contributed by atoms with Gasteiger partial charge in [-0.3, -0.25) is 0 Å². The molecule has 1 aliphatic heterocycles. The zero-order valence-corrected chi connectivity index (χ0v) is 4.78. The van der Waals surface area contributed by atoms with Crippen molar-refractivity contribution >= 4 is 12.4 Å². The molecule has 1 rings (SSSR count). The van der Waals surface area contributed by atoms with E-state index >= 15 is 0 Å². The van der Waals surface area contributed by atoms with Crippen molar-refractivity contribution in [1.82, 2.24) is 0 Å². The van der Waals surface area contributed by atoms with Gasteiger partial charge in [0.15, 0.2) is 0 Å². The number of rotatable bonds is 0. The van der Waals surface area contributed by atoms with Gasteiger partial charge in [0.2, 0.25) is 0 Å². The molecule has 1 fully saturated rings. The van der Waals surface area contributed by atoms with E-state index in [0.29, 0.717) is 6.61 Å². The maximum atomic E-state index is 8.60. The van der Waals surface area contributed by atoms with E-state index in [0.717, 1.165) is 13.0 Å². The Labute approximate surface area is 48.9 Å². The third-order valence-corrected chi connectivity index (χ3v) is 0.906. The van der Waals surface area contributed by atoms with Crippen LogP contribution in [0.25, 0.3) is 0 Å². The van der Waals surface area contributed by atoms with Crippen LogP contribution in [-0.2, 0) is 4.74 Å². The van der Waals surface area contributed by atoms with Crippen molar-refractivity contribution in [2.24, 2.45) is 0 Å². The lowest BCUT2D eigenvalue weighted by atomic mass is 10.3. The van der Waals surface area contributed by atoms with Gasteiger partial charge in [-0.15, -0.1) is 12.4 Å². The average molecular weight is 125 g/mol. The molecule has 0 radical (unpaired) electrons. The Balaban J connectivity index is 0.000000360. The SMILES string of the molecule is Cl.OC1CCOC1. The molecule has 1 heterocycles. The molecule has 3 heteroatoms. The van der Waals surface area contributed by atoms with Gasteiger partial charge >= 0.3 is 0 Å². The summed E-state index contributed by atoms with van der Waals surface area (Å²) in [4.78, 5) is 0. The summed E-state index contributed by atoms with van der Waals surface area (Å²) in [5, 5.41) is 8.60. The lowest BCUT2D eigenvalue weighted by molar-refractivity contribution is 0.127. The second kappa shape index (κ2) is 3.24. The van der Waals surface area contributed by atoms with Crippen LogP contribution in [0, 0.1) is 0 Å². The fourth-order valence-electron chi connectivity index (χ4n) is 0.522. The van der Waals surface area contributed by atoms with Gasteiger partial charge in [-0.05, 0) is 6.42 Å². The highest BCUT2D eigenvalue weighted by molar-refractivity contribution is 5.85. The van der Waals surface area contributed by atoms with E-state index in [1.807, 2.05) is 0 Å². The van der Waals surface area contributed by atoms with Crippen molar-refractivity contribution in [3.05, 3.63) is 0 Å². The Kier molecular flexibility index (Phi) is 3.34. The molecule has 0 aromatic rings. The fourth-order valence-corrected chi connectivity index (χ4v) is 0.522. The van der Waals surface area contributed by atoms with Crippen LogP contribution in [-0.4, -0.2) is 24.4 Å². The number of hydrogen-bond acceptors (Lipinski definition) is 2. The molecule has 44 valence electrons. The minimum atomic E-state index is -0.176. The first kappa shape index (κ1) is 7.21. The van der Waals surface area contributed by atoms with Gasteiger partial charge < -0.3 is 9.84 Å². The summed E-state index contributed by atoms with van der Waals surface area (Å²) < 4.78 is 4.81. The predicted molar refractivity (Wildman–Crippen MR) is 28.7 cm³/mol. The molecule has 2 nitrogen and oxygen atoms in total. The fraction of sp³-hybridized carbons (Fsp3) is 1.00. The van der Waals surface area contributed by atoms with Gasteiger partial charge in [-0.25, -0.2) is 0 Å². The lowest BCUT2D eigenvalue weighted by Crippen LogP contribution is -2.02. The summed E-state index contributed by atoms with van der Waals surface area (Å²) in [5.41, 5.74) is 0. The van der Waals surface area contributed by atoms with Crippen molar-refractivity contribution in [2.45, 2.75) is 12.5 Å². The zero-order valence-electron chi connectivity index (χ0n) is 3.96. The Hall–Kier alpha value is 0.210. The number of ether oxygens (including phenoxy) is 1. The molecule has 0 aromatic heterocycles. The van der Waals surface area contributed by atoms with E-state index in [1.165, 1.54) is 0 Å². The van der Waals surface area contributed by atoms with E-state index in [4.69, 9.17) is 9.84 Å². The van der Waals surface area contributed by atoms with Crippen LogP contribution in [0.1, 0.15) is 6.42 Å². The maximum Gasteiger partial charge on any atom is 0.0795 e. The number of hydrogen-bond donors (Lipinski definition) is 1. The first-order valence-corrected chi connectivity index (χ1v) is 2.15. The molecule has 0 spiro atoms. The summed E-state index contributed by atoms with van der Waals surface area (Å²) in [6.45, 7) is 1.28. The van der Waals surface area contributed by atoms with E-state index < -0.39 is 0 Å². The molecule has 1 aliphatic rings. The Morgan fingerprint density at radius 3 is 2.43 bits per heavy atom. The molecule has 0 amide bonds. The van der Waals surface area contributed by atoms with Gasteiger partial charge in [-0.2, -0.15) is 0 Å². The molecule has 1 unspecified atom stereocenters. The monoisotopic (exact) mass is 124 g/mol. The molecule has 0 bridgehead atoms. The smallest absolute Gasteiger partial charge is 0.0795 e. The Morgan fingerprint density at radius 2 is 2.29 bits per heavy atom. The van der Waals surface area contributed by atoms with Crippen LogP contribution >= 0.6 is 12.4 Å². The van der Waals surface area contributed by atoms with Crippen LogP contribution in [0.15, 0.2) is 0 Å². The third kappa shape index (κ3) is 2.12. The number of halogens is 1. The third-order valence-electron chi connectivity index (χ3n) is 0.906. The topological polar surface area (TPSA) is 29.5 Å². The largest absolute Gasteiger partial charge is 0.391 e. The Morgan fingerprint density at radius 1 is 1.57 bits per heavy atom. The second-order valence-electron chi connectivity index (χ2n) is 1.52. The molecule has 0 aliphatic carbocycles. The van der Waals surface area contributed by atoms with Gasteiger partial charge in [0.1, 0.15) is 0 Å². The Bertz CT molecular complexity index is 43.0. The highest BCUT2D eigenvalue weighted by atomic mass is 35.5. The summed E-state index contributed by atoms with van der Waals surface area (Å²) in [7, 11) is 0. The average Bonchev–Trinajstić information content (AvgIpc) is 1.86.